The van der Waals surface area contributed by atoms with Gasteiger partial charge >= 0.3 is 0 Å². The molecule has 2 aromatic rings. The molecule has 3 rings (SSSR count). The second kappa shape index (κ2) is 14.5. The topological polar surface area (TPSA) is 84.0 Å². The van der Waals surface area contributed by atoms with Gasteiger partial charge in [0.2, 0.25) is 5.91 Å². The van der Waals surface area contributed by atoms with Gasteiger partial charge in [0.05, 0.1) is 19.2 Å². The van der Waals surface area contributed by atoms with Crippen LogP contribution in [0.4, 0.5) is 5.69 Å². The van der Waals surface area contributed by atoms with Crippen molar-refractivity contribution >= 4 is 41.5 Å². The number of aliphatic imine (C=N–C) groups is 1. The van der Waals surface area contributed by atoms with Crippen molar-refractivity contribution in [3.63, 3.8) is 0 Å². The van der Waals surface area contributed by atoms with Crippen LogP contribution in [0.3, 0.4) is 0 Å². The lowest BCUT2D eigenvalue weighted by molar-refractivity contribution is -0.115. The van der Waals surface area contributed by atoms with Crippen molar-refractivity contribution in [1.29, 1.82) is 0 Å². The second-order valence-corrected chi connectivity index (χ2v) is 7.88. The Morgan fingerprint density at radius 2 is 2.12 bits per heavy atom. The van der Waals surface area contributed by atoms with Gasteiger partial charge in [0.15, 0.2) is 5.96 Å². The largest absolute Gasteiger partial charge is 0.491 e. The standard InChI is InChI=1S/C26H32N4O3.HI/c1-4-20-8-6-9-22(15-20)30-25(31)17-29-26(27-5-2)28-16-21-12-11-19(3)14-24(21)33-18-23-10-7-13-32-23;/h1,6,8-9,11-12,14-15,23H,5,7,10,13,16-18H2,2-3H3,(H,30,31)(H2,27,28,29);1H. The minimum atomic E-state index is -0.189. The Bertz CT molecular complexity index is 1010. The lowest BCUT2D eigenvalue weighted by atomic mass is 10.1. The van der Waals surface area contributed by atoms with Gasteiger partial charge in [-0.15, -0.1) is 30.4 Å². The molecular formula is C26H33IN4O3. The molecule has 0 spiro atoms. The number of carbonyl (C=O) groups is 1. The third-order valence-corrected chi connectivity index (χ3v) is 5.15. The number of hydrogen-bond acceptors (Lipinski definition) is 4. The van der Waals surface area contributed by atoms with E-state index < -0.39 is 0 Å². The lowest BCUT2D eigenvalue weighted by Gasteiger charge is -2.15. The molecule has 1 fully saturated rings. The first kappa shape index (κ1) is 27.5. The van der Waals surface area contributed by atoms with Crippen molar-refractivity contribution < 1.29 is 14.3 Å². The number of terminal acetylenes is 1. The Balaban J connectivity index is 0.00000408. The molecule has 1 saturated heterocycles. The molecule has 182 valence electrons. The summed E-state index contributed by atoms with van der Waals surface area (Å²) >= 11 is 0. The van der Waals surface area contributed by atoms with E-state index in [2.05, 4.69) is 26.9 Å². The average Bonchev–Trinajstić information content (AvgIpc) is 3.34. The van der Waals surface area contributed by atoms with E-state index in [1.165, 1.54) is 0 Å². The Kier molecular flexibility index (Phi) is 11.7. The normalized spacial score (nSPS) is 15.1. The van der Waals surface area contributed by atoms with E-state index >= 15 is 0 Å². The SMILES string of the molecule is C#Cc1cccc(NC(=O)CNC(=NCc2ccc(C)cc2OCC2CCCO2)NCC)c1.I. The summed E-state index contributed by atoms with van der Waals surface area (Å²) in [6, 6.07) is 13.3. The molecule has 1 atom stereocenters. The molecule has 0 aromatic heterocycles. The molecule has 0 bridgehead atoms. The summed E-state index contributed by atoms with van der Waals surface area (Å²) in [6.07, 6.45) is 7.68. The van der Waals surface area contributed by atoms with E-state index in [-0.39, 0.29) is 42.5 Å². The smallest absolute Gasteiger partial charge is 0.243 e. The number of anilines is 1. The fourth-order valence-corrected chi connectivity index (χ4v) is 3.45. The zero-order valence-corrected chi connectivity index (χ0v) is 22.1. The van der Waals surface area contributed by atoms with Crippen molar-refractivity contribution in [3.8, 4) is 18.1 Å². The number of ether oxygens (including phenoxy) is 2. The van der Waals surface area contributed by atoms with Crippen LogP contribution in [-0.4, -0.2) is 44.3 Å². The number of nitrogens with one attached hydrogen (secondary N) is 3. The summed E-state index contributed by atoms with van der Waals surface area (Å²) in [5.74, 6) is 3.74. The Labute approximate surface area is 219 Å². The van der Waals surface area contributed by atoms with Crippen molar-refractivity contribution in [2.75, 3.05) is 31.6 Å². The maximum Gasteiger partial charge on any atom is 0.243 e. The Hall–Kier alpha value is -2.77. The molecule has 8 heteroatoms. The number of aryl methyl sites for hydroxylation is 1. The van der Waals surface area contributed by atoms with Gasteiger partial charge < -0.3 is 25.4 Å². The molecule has 1 aliphatic rings. The predicted molar refractivity (Wildman–Crippen MR) is 147 cm³/mol. The molecule has 0 radical (unpaired) electrons. The number of rotatable bonds is 9. The van der Waals surface area contributed by atoms with Crippen LogP contribution in [-0.2, 0) is 16.1 Å². The molecule has 0 aliphatic carbocycles. The van der Waals surface area contributed by atoms with Crippen LogP contribution in [0.1, 0.15) is 36.5 Å². The van der Waals surface area contributed by atoms with Gasteiger partial charge in [-0.2, -0.15) is 0 Å². The van der Waals surface area contributed by atoms with Crippen LogP contribution >= 0.6 is 24.0 Å². The van der Waals surface area contributed by atoms with Crippen LogP contribution in [0.5, 0.6) is 5.75 Å². The predicted octanol–water partition coefficient (Wildman–Crippen LogP) is 3.85. The van der Waals surface area contributed by atoms with E-state index in [0.717, 1.165) is 36.3 Å². The van der Waals surface area contributed by atoms with Crippen LogP contribution in [0.2, 0.25) is 0 Å². The summed E-state index contributed by atoms with van der Waals surface area (Å²) in [5.41, 5.74) is 3.48. The third kappa shape index (κ3) is 8.88. The molecule has 1 aliphatic heterocycles. The van der Waals surface area contributed by atoms with E-state index in [4.69, 9.17) is 15.9 Å². The highest BCUT2D eigenvalue weighted by Gasteiger charge is 2.17. The van der Waals surface area contributed by atoms with Crippen molar-refractivity contribution in [3.05, 3.63) is 59.2 Å². The number of guanidine groups is 1. The summed E-state index contributed by atoms with van der Waals surface area (Å²) in [7, 11) is 0. The highest BCUT2D eigenvalue weighted by molar-refractivity contribution is 14.0. The molecule has 7 nitrogen and oxygen atoms in total. The lowest BCUT2D eigenvalue weighted by Crippen LogP contribution is -2.41. The molecular weight excluding hydrogens is 543 g/mol. The average molecular weight is 576 g/mol. The van der Waals surface area contributed by atoms with Crippen LogP contribution in [0.15, 0.2) is 47.5 Å². The van der Waals surface area contributed by atoms with Gasteiger partial charge in [0.1, 0.15) is 12.4 Å². The van der Waals surface area contributed by atoms with Gasteiger partial charge in [-0.1, -0.05) is 24.1 Å². The summed E-state index contributed by atoms with van der Waals surface area (Å²) in [4.78, 5) is 17.0. The van der Waals surface area contributed by atoms with Crippen molar-refractivity contribution in [2.24, 2.45) is 4.99 Å². The summed E-state index contributed by atoms with van der Waals surface area (Å²) in [6.45, 7) is 6.53. The van der Waals surface area contributed by atoms with Gasteiger partial charge in [-0.3, -0.25) is 4.79 Å². The fourth-order valence-electron chi connectivity index (χ4n) is 3.45. The maximum absolute atomic E-state index is 12.4. The second-order valence-electron chi connectivity index (χ2n) is 7.88. The first-order chi connectivity index (χ1) is 16.1. The van der Waals surface area contributed by atoms with Crippen LogP contribution in [0, 0.1) is 19.3 Å². The number of benzene rings is 2. The number of hydrogen-bond donors (Lipinski definition) is 3. The Morgan fingerprint density at radius 1 is 1.26 bits per heavy atom. The molecule has 1 heterocycles. The van der Waals surface area contributed by atoms with Crippen molar-refractivity contribution in [1.82, 2.24) is 10.6 Å². The highest BCUT2D eigenvalue weighted by atomic mass is 127. The first-order valence-electron chi connectivity index (χ1n) is 11.3. The fraction of sp³-hybridized carbons (Fsp3) is 0.385. The van der Waals surface area contributed by atoms with Crippen molar-refractivity contribution in [2.45, 2.75) is 39.3 Å². The maximum atomic E-state index is 12.4. The van der Waals surface area contributed by atoms with Gasteiger partial charge in [-0.05, 0) is 56.5 Å². The molecule has 2 aromatic carbocycles. The summed E-state index contributed by atoms with van der Waals surface area (Å²) < 4.78 is 11.7. The van der Waals surface area contributed by atoms with E-state index in [0.29, 0.717) is 36.9 Å². The van der Waals surface area contributed by atoms with Gasteiger partial charge in [0, 0.05) is 30.0 Å². The first-order valence-corrected chi connectivity index (χ1v) is 11.3. The van der Waals surface area contributed by atoms with Crippen LogP contribution in [0.25, 0.3) is 0 Å². The molecule has 1 amide bonds. The molecule has 3 N–H and O–H groups in total. The molecule has 34 heavy (non-hydrogen) atoms. The van der Waals surface area contributed by atoms with Gasteiger partial charge in [-0.25, -0.2) is 4.99 Å². The van der Waals surface area contributed by atoms with E-state index in [1.54, 1.807) is 12.1 Å². The number of halogens is 1. The monoisotopic (exact) mass is 576 g/mol. The zero-order valence-electron chi connectivity index (χ0n) is 19.7. The quantitative estimate of drug-likeness (QED) is 0.183. The number of amides is 1. The van der Waals surface area contributed by atoms with Crippen LogP contribution < -0.4 is 20.7 Å². The van der Waals surface area contributed by atoms with Gasteiger partial charge in [0.25, 0.3) is 0 Å². The number of carbonyl (C=O) groups excluding carboxylic acids is 1. The Morgan fingerprint density at radius 3 is 2.85 bits per heavy atom. The summed E-state index contributed by atoms with van der Waals surface area (Å²) in [5, 5.41) is 9.08. The third-order valence-electron chi connectivity index (χ3n) is 5.15. The highest BCUT2D eigenvalue weighted by Crippen LogP contribution is 2.23. The minimum absolute atomic E-state index is 0. The minimum Gasteiger partial charge on any atom is -0.491 e. The molecule has 0 saturated carbocycles. The van der Waals surface area contributed by atoms with E-state index in [1.807, 2.05) is 44.2 Å². The number of nitrogens with zero attached hydrogens (tertiary/aromatic N) is 1. The van der Waals surface area contributed by atoms with E-state index in [9.17, 15) is 4.79 Å². The molecule has 1 unspecified atom stereocenters. The zero-order chi connectivity index (χ0) is 23.5.